The van der Waals surface area contributed by atoms with Crippen molar-refractivity contribution in [3.05, 3.63) is 47.2 Å². The molecular weight excluding hydrogens is 158 g/mol. The Morgan fingerprint density at radius 1 is 0.786 bits per heavy atom. The van der Waals surface area contributed by atoms with Gasteiger partial charge in [-0.1, -0.05) is 27.7 Å². The largest absolute Gasteiger partial charge is 1.00 e. The van der Waals surface area contributed by atoms with Crippen LogP contribution < -0.4 is 37.7 Å². The van der Waals surface area contributed by atoms with Gasteiger partial charge in [-0.05, 0) is 0 Å². The molecule has 2 heteroatoms. The minimum atomic E-state index is 0. The van der Waals surface area contributed by atoms with E-state index in [0.717, 1.165) is 0 Å². The molecule has 0 aliphatic heterocycles. The van der Waals surface area contributed by atoms with Gasteiger partial charge in [-0.2, -0.15) is 47.2 Å². The van der Waals surface area contributed by atoms with Crippen molar-refractivity contribution in [3.63, 3.8) is 0 Å². The Kier molecular flexibility index (Phi) is 8.82. The predicted octanol–water partition coefficient (Wildman–Crippen LogP) is -2.38. The molecule has 1 rings (SSSR count). The van der Waals surface area contributed by atoms with E-state index in [-0.39, 0.29) is 37.7 Å². The van der Waals surface area contributed by atoms with Crippen molar-refractivity contribution >= 4 is 0 Å². The molecular formula is C12H16Li2. The quantitative estimate of drug-likeness (QED) is 0.347. The maximum atomic E-state index is 2.24. The molecule has 0 nitrogen and oxygen atoms in total. The molecule has 1 aromatic rings. The first-order chi connectivity index (χ1) is 5.61. The minimum Gasteiger partial charge on any atom is -0.192 e. The van der Waals surface area contributed by atoms with E-state index < -0.39 is 0 Å². The van der Waals surface area contributed by atoms with E-state index in [1.165, 1.54) is 23.0 Å². The minimum absolute atomic E-state index is 0. The zero-order valence-electron chi connectivity index (χ0n) is 10.3. The number of hydrogen-bond donors (Lipinski definition) is 0. The number of hydrogen-bond acceptors (Lipinski definition) is 0. The first-order valence-electron chi connectivity index (χ1n) is 4.32. The summed E-state index contributed by atoms with van der Waals surface area (Å²) in [5.41, 5.74) is 2.68. The van der Waals surface area contributed by atoms with E-state index in [1.54, 1.807) is 0 Å². The van der Waals surface area contributed by atoms with Gasteiger partial charge in [0.2, 0.25) is 0 Å². The van der Waals surface area contributed by atoms with Crippen molar-refractivity contribution < 1.29 is 37.7 Å². The first-order valence-corrected chi connectivity index (χ1v) is 4.32. The van der Waals surface area contributed by atoms with Crippen LogP contribution in [0.1, 0.15) is 38.8 Å². The smallest absolute Gasteiger partial charge is 0.192 e. The number of rotatable bonds is 2. The van der Waals surface area contributed by atoms with E-state index in [4.69, 9.17) is 0 Å². The summed E-state index contributed by atoms with van der Waals surface area (Å²) in [5, 5.41) is 0. The third-order valence-electron chi connectivity index (χ3n) is 2.02. The maximum absolute atomic E-state index is 2.24. The van der Waals surface area contributed by atoms with Gasteiger partial charge in [-0.25, -0.2) is 0 Å². The van der Waals surface area contributed by atoms with Crippen molar-refractivity contribution in [1.29, 1.82) is 0 Å². The average Bonchev–Trinajstić information content (AvgIpc) is 2.04. The van der Waals surface area contributed by atoms with Gasteiger partial charge in [-0.3, -0.25) is 0 Å². The van der Waals surface area contributed by atoms with Crippen LogP contribution in [0.15, 0.2) is 24.3 Å². The van der Waals surface area contributed by atoms with Crippen molar-refractivity contribution in [3.8, 4) is 0 Å². The van der Waals surface area contributed by atoms with Crippen LogP contribution in [0.25, 0.3) is 0 Å². The van der Waals surface area contributed by atoms with Crippen LogP contribution in [0.3, 0.4) is 0 Å². The van der Waals surface area contributed by atoms with Crippen LogP contribution in [0.2, 0.25) is 0 Å². The van der Waals surface area contributed by atoms with Crippen molar-refractivity contribution in [2.24, 2.45) is 0 Å². The Balaban J connectivity index is 0. The fourth-order valence-electron chi connectivity index (χ4n) is 1.14. The Morgan fingerprint density at radius 3 is 1.43 bits per heavy atom. The van der Waals surface area contributed by atoms with Gasteiger partial charge < -0.3 is 0 Å². The third-order valence-corrected chi connectivity index (χ3v) is 2.02. The van der Waals surface area contributed by atoms with Crippen molar-refractivity contribution in [2.45, 2.75) is 27.7 Å². The van der Waals surface area contributed by atoms with Crippen LogP contribution in [-0.4, -0.2) is 0 Å². The van der Waals surface area contributed by atoms with E-state index >= 15 is 0 Å². The first kappa shape index (κ1) is 16.6. The molecule has 0 aliphatic carbocycles. The summed E-state index contributed by atoms with van der Waals surface area (Å²) in [5.74, 6) is 2.75. The Bertz CT molecular complexity index is 231. The van der Waals surface area contributed by atoms with Crippen molar-refractivity contribution in [1.82, 2.24) is 0 Å². The summed E-state index contributed by atoms with van der Waals surface area (Å²) in [7, 11) is 0. The van der Waals surface area contributed by atoms with E-state index in [9.17, 15) is 0 Å². The molecule has 0 atom stereocenters. The summed E-state index contributed by atoms with van der Waals surface area (Å²) < 4.78 is 0. The van der Waals surface area contributed by atoms with Gasteiger partial charge in [0.05, 0.1) is 0 Å². The molecule has 0 heterocycles. The van der Waals surface area contributed by atoms with Gasteiger partial charge in [0.1, 0.15) is 0 Å². The molecule has 0 saturated carbocycles. The molecule has 0 aliphatic rings. The standard InChI is InChI=1S/C12H16.2Li/c1-9(2)11-6-5-7-12(8-11)10(3)4;;/h5-8H,1-4H3;;/q-2;2*+1. The third kappa shape index (κ3) is 4.59. The molecule has 0 bridgehead atoms. The van der Waals surface area contributed by atoms with Crippen LogP contribution in [0.5, 0.6) is 0 Å². The normalized spacial score (nSPS) is 8.29. The van der Waals surface area contributed by atoms with Crippen LogP contribution in [-0.2, 0) is 0 Å². The molecule has 0 radical (unpaired) electrons. The van der Waals surface area contributed by atoms with E-state index in [2.05, 4.69) is 52.0 Å². The van der Waals surface area contributed by atoms with Gasteiger partial charge in [0.15, 0.2) is 0 Å². The molecule has 0 fully saturated rings. The molecule has 0 N–H and O–H groups in total. The second kappa shape index (κ2) is 7.45. The molecule has 0 unspecified atom stereocenters. The molecule has 0 aromatic heterocycles. The monoisotopic (exact) mass is 174 g/mol. The summed E-state index contributed by atoms with van der Waals surface area (Å²) >= 11 is 0. The molecule has 0 saturated heterocycles. The van der Waals surface area contributed by atoms with Crippen LogP contribution in [0.4, 0.5) is 0 Å². The van der Waals surface area contributed by atoms with Crippen molar-refractivity contribution in [2.75, 3.05) is 0 Å². The fraction of sp³-hybridized carbons (Fsp3) is 0.333. The summed E-state index contributed by atoms with van der Waals surface area (Å²) in [6.45, 7) is 8.57. The van der Waals surface area contributed by atoms with E-state index in [0.29, 0.717) is 0 Å². The Labute approximate surface area is 112 Å². The fourth-order valence-corrected chi connectivity index (χ4v) is 1.14. The van der Waals surface area contributed by atoms with Gasteiger partial charge in [0, 0.05) is 0 Å². The van der Waals surface area contributed by atoms with Gasteiger partial charge in [0.25, 0.3) is 0 Å². The van der Waals surface area contributed by atoms with Crippen LogP contribution >= 0.6 is 0 Å². The zero-order valence-corrected chi connectivity index (χ0v) is 10.3. The second-order valence-corrected chi connectivity index (χ2v) is 3.58. The SMILES string of the molecule is C[C-](C)c1cccc([C-](C)C)c1.[Li+].[Li+]. The molecule has 14 heavy (non-hydrogen) atoms. The summed E-state index contributed by atoms with van der Waals surface area (Å²) in [4.78, 5) is 0. The molecule has 0 amide bonds. The predicted molar refractivity (Wildman–Crippen MR) is 53.8 cm³/mol. The number of benzene rings is 1. The van der Waals surface area contributed by atoms with Gasteiger partial charge >= 0.3 is 37.7 Å². The maximum Gasteiger partial charge on any atom is 1.00 e. The topological polar surface area (TPSA) is 0 Å². The molecule has 1 aromatic carbocycles. The Hall–Kier alpha value is 0.155. The Morgan fingerprint density at radius 2 is 1.14 bits per heavy atom. The van der Waals surface area contributed by atoms with Gasteiger partial charge in [-0.15, -0.1) is 0 Å². The summed E-state index contributed by atoms with van der Waals surface area (Å²) in [6.07, 6.45) is 0. The van der Waals surface area contributed by atoms with E-state index in [1.807, 2.05) is 0 Å². The summed E-state index contributed by atoms with van der Waals surface area (Å²) in [6, 6.07) is 8.67. The molecule has 0 spiro atoms. The van der Waals surface area contributed by atoms with Crippen LogP contribution in [0, 0.1) is 11.8 Å². The average molecular weight is 174 g/mol. The molecule has 66 valence electrons. The second-order valence-electron chi connectivity index (χ2n) is 3.58. The zero-order chi connectivity index (χ0) is 9.14.